The van der Waals surface area contributed by atoms with E-state index in [1.807, 2.05) is 0 Å². The van der Waals surface area contributed by atoms with Crippen molar-refractivity contribution in [2.75, 3.05) is 11.9 Å². The van der Waals surface area contributed by atoms with Crippen LogP contribution < -0.4 is 69.1 Å². The molecule has 0 aliphatic carbocycles. The van der Waals surface area contributed by atoms with E-state index in [9.17, 15) is 9.59 Å². The van der Waals surface area contributed by atoms with Gasteiger partial charge in [0.2, 0.25) is 0 Å². The fraction of sp³-hybridized carbons (Fsp3) is 0.125. The predicted molar refractivity (Wildman–Crippen MR) is 88.5 cm³/mol. The third-order valence-corrected chi connectivity index (χ3v) is 3.56. The van der Waals surface area contributed by atoms with E-state index >= 15 is 0 Å². The van der Waals surface area contributed by atoms with Crippen LogP contribution in [0.25, 0.3) is 0 Å². The van der Waals surface area contributed by atoms with Crippen LogP contribution in [0.1, 0.15) is 5.56 Å². The Morgan fingerprint density at radius 3 is 2.24 bits per heavy atom. The van der Waals surface area contributed by atoms with Crippen LogP contribution in [0.4, 0.5) is 11.4 Å². The van der Waals surface area contributed by atoms with E-state index in [4.69, 9.17) is 28.3 Å². The summed E-state index contributed by atoms with van der Waals surface area (Å²) in [5.41, 5.74) is 1.80. The van der Waals surface area contributed by atoms with Crippen molar-refractivity contribution in [1.82, 2.24) is 0 Å². The third-order valence-electron chi connectivity index (χ3n) is 2.93. The number of carboxylic acids is 1. The van der Waals surface area contributed by atoms with Crippen LogP contribution in [0, 0.1) is 0 Å². The van der Waals surface area contributed by atoms with Crippen LogP contribution in [0.3, 0.4) is 0 Å². The minimum Gasteiger partial charge on any atom is -1.00 e. The fourth-order valence-corrected chi connectivity index (χ4v) is 2.39. The van der Waals surface area contributed by atoms with Crippen LogP contribution in [0.15, 0.2) is 42.5 Å². The van der Waals surface area contributed by atoms with Crippen molar-refractivity contribution in [2.45, 2.75) is 6.42 Å². The van der Waals surface area contributed by atoms with E-state index in [2.05, 4.69) is 10.1 Å². The van der Waals surface area contributed by atoms with Crippen molar-refractivity contribution >= 4 is 46.5 Å². The molecule has 0 saturated carbocycles. The number of ether oxygens (including phenoxy) is 1. The molecule has 2 rings (SSSR count). The second-order valence-electron chi connectivity index (χ2n) is 4.61. The topological polar surface area (TPSA) is 75.6 Å². The van der Waals surface area contributed by atoms with Crippen LogP contribution in [0.5, 0.6) is 0 Å². The number of hydrogen-bond donors (Lipinski definition) is 2. The molecule has 2 N–H and O–H groups in total. The molecule has 0 unspecified atom stereocenters. The maximum absolute atomic E-state index is 11.7. The smallest absolute Gasteiger partial charge is 1.00 e. The van der Waals surface area contributed by atoms with Crippen molar-refractivity contribution in [2.24, 2.45) is 0 Å². The quantitative estimate of drug-likeness (QED) is 0.408. The number of rotatable bonds is 6. The number of nitrogens with one attached hydrogen (secondary N) is 1. The molecule has 0 amide bonds. The molecule has 0 spiro atoms. The summed E-state index contributed by atoms with van der Waals surface area (Å²) in [5.74, 6) is -1.83. The van der Waals surface area contributed by atoms with Gasteiger partial charge in [-0.1, -0.05) is 47.5 Å². The van der Waals surface area contributed by atoms with Gasteiger partial charge in [-0.3, -0.25) is 4.79 Å². The number of carbonyl (C=O) groups is 2. The van der Waals surface area contributed by atoms with E-state index in [0.29, 0.717) is 27.0 Å². The summed E-state index contributed by atoms with van der Waals surface area (Å²) in [6, 6.07) is 12.2. The molecule has 25 heavy (non-hydrogen) atoms. The summed E-state index contributed by atoms with van der Waals surface area (Å²) in [5, 5.41) is 12.5. The molecule has 2 aromatic carbocycles. The van der Waals surface area contributed by atoms with Crippen LogP contribution in [-0.2, 0) is 20.7 Å². The van der Waals surface area contributed by atoms with E-state index in [1.54, 1.807) is 42.5 Å². The molecule has 0 fully saturated rings. The molecule has 0 bridgehead atoms. The van der Waals surface area contributed by atoms with E-state index < -0.39 is 18.5 Å². The standard InChI is InChI=1S/C16H13Cl2NO4.ClH.K/c17-11-5-3-6-12(18)16(11)19-13-7-2-1-4-10(13)8-15(22)23-9-14(20)21;;/h1-7,19H,8-9H2,(H,20,21);1H;/q;;+1/p-1. The maximum Gasteiger partial charge on any atom is 1.00 e. The number of benzene rings is 2. The Balaban J connectivity index is 0.00000288. The molecule has 2 aromatic rings. The van der Waals surface area contributed by atoms with Gasteiger partial charge in [0.05, 0.1) is 22.2 Å². The predicted octanol–water partition coefficient (Wildman–Crippen LogP) is -2.08. The Labute approximate surface area is 203 Å². The number of aliphatic carboxylic acids is 1. The number of esters is 1. The van der Waals surface area contributed by atoms with Crippen molar-refractivity contribution in [1.29, 1.82) is 0 Å². The molecule has 0 aliphatic heterocycles. The summed E-state index contributed by atoms with van der Waals surface area (Å²) in [6.45, 7) is -0.662. The summed E-state index contributed by atoms with van der Waals surface area (Å²) >= 11 is 12.2. The van der Waals surface area contributed by atoms with Gasteiger partial charge in [-0.2, -0.15) is 0 Å². The number of carbonyl (C=O) groups excluding carboxylic acids is 1. The molecule has 0 heterocycles. The van der Waals surface area contributed by atoms with E-state index in [1.165, 1.54) is 0 Å². The SMILES string of the molecule is O=C(O)COC(=O)Cc1ccccc1Nc1c(Cl)cccc1Cl.[Cl-].[K+]. The first-order chi connectivity index (χ1) is 11.0. The first-order valence-corrected chi connectivity index (χ1v) is 7.39. The van der Waals surface area contributed by atoms with Crippen LogP contribution in [-0.4, -0.2) is 23.7 Å². The number of hydrogen-bond acceptors (Lipinski definition) is 4. The molecule has 0 saturated heterocycles. The fourth-order valence-electron chi connectivity index (χ4n) is 1.90. The first-order valence-electron chi connectivity index (χ1n) is 6.63. The molecule has 0 radical (unpaired) electrons. The monoisotopic (exact) mass is 427 g/mol. The van der Waals surface area contributed by atoms with Gasteiger partial charge in [-0.25, -0.2) is 4.79 Å². The van der Waals surface area contributed by atoms with Gasteiger partial charge in [0, 0.05) is 5.69 Å². The molecule has 0 aromatic heterocycles. The number of halogens is 3. The summed E-state index contributed by atoms with van der Waals surface area (Å²) in [7, 11) is 0. The number of anilines is 2. The average Bonchev–Trinajstić information content (AvgIpc) is 2.50. The van der Waals surface area contributed by atoms with Gasteiger partial charge in [-0.15, -0.1) is 0 Å². The molecule has 128 valence electrons. The minimum absolute atomic E-state index is 0. The molecule has 0 aliphatic rings. The Kier molecular flexibility index (Phi) is 12.0. The van der Waals surface area contributed by atoms with Gasteiger partial charge in [0.15, 0.2) is 6.61 Å². The van der Waals surface area contributed by atoms with Gasteiger partial charge in [-0.05, 0) is 23.8 Å². The molecule has 9 heteroatoms. The zero-order valence-corrected chi connectivity index (χ0v) is 18.7. The van der Waals surface area contributed by atoms with Crippen LogP contribution in [0.2, 0.25) is 10.0 Å². The first kappa shape index (κ1) is 24.7. The minimum atomic E-state index is -1.20. The molecular weight excluding hydrogens is 416 g/mol. The Morgan fingerprint density at radius 1 is 1.04 bits per heavy atom. The van der Waals surface area contributed by atoms with Gasteiger partial charge in [0.25, 0.3) is 0 Å². The summed E-state index contributed by atoms with van der Waals surface area (Å²) in [6.07, 6.45) is -0.0709. The summed E-state index contributed by atoms with van der Waals surface area (Å²) < 4.78 is 4.64. The average molecular weight is 429 g/mol. The van der Waals surface area contributed by atoms with Crippen molar-refractivity contribution in [3.63, 3.8) is 0 Å². The van der Waals surface area contributed by atoms with Gasteiger partial charge < -0.3 is 27.6 Å². The maximum atomic E-state index is 11.7. The largest absolute Gasteiger partial charge is 1.00 e. The van der Waals surface area contributed by atoms with Crippen molar-refractivity contribution < 1.29 is 83.2 Å². The zero-order chi connectivity index (χ0) is 16.8. The normalized spacial score (nSPS) is 9.36. The van der Waals surface area contributed by atoms with E-state index in [-0.39, 0.29) is 70.2 Å². The molecule has 0 atom stereocenters. The second-order valence-corrected chi connectivity index (χ2v) is 5.42. The van der Waals surface area contributed by atoms with Crippen molar-refractivity contribution in [3.05, 3.63) is 58.1 Å². The zero-order valence-electron chi connectivity index (χ0n) is 13.3. The van der Waals surface area contributed by atoms with Crippen molar-refractivity contribution in [3.8, 4) is 0 Å². The van der Waals surface area contributed by atoms with E-state index in [0.717, 1.165) is 0 Å². The van der Waals surface area contributed by atoms with Gasteiger partial charge >= 0.3 is 63.3 Å². The number of carboxylic acid groups (broad SMARTS) is 1. The Morgan fingerprint density at radius 2 is 1.64 bits per heavy atom. The summed E-state index contributed by atoms with van der Waals surface area (Å²) in [4.78, 5) is 22.1. The van der Waals surface area contributed by atoms with Crippen LogP contribution >= 0.6 is 23.2 Å². The third kappa shape index (κ3) is 7.84. The Hall–Kier alpha value is -0.314. The van der Waals surface area contributed by atoms with Gasteiger partial charge in [0.1, 0.15) is 0 Å². The molecular formula is C16H13Cl3KNO4. The number of para-hydroxylation sites is 2. The Bertz CT molecular complexity index is 723. The molecule has 5 nitrogen and oxygen atoms in total. The second kappa shape index (κ2) is 12.1.